The predicted molar refractivity (Wildman–Crippen MR) is 126 cm³/mol. The van der Waals surface area contributed by atoms with Crippen molar-refractivity contribution >= 4 is 29.0 Å². The summed E-state index contributed by atoms with van der Waals surface area (Å²) in [7, 11) is 0. The van der Waals surface area contributed by atoms with Gasteiger partial charge >= 0.3 is 0 Å². The van der Waals surface area contributed by atoms with Gasteiger partial charge in [0.15, 0.2) is 0 Å². The number of piperidine rings is 1. The van der Waals surface area contributed by atoms with Gasteiger partial charge in [0.1, 0.15) is 5.82 Å². The first kappa shape index (κ1) is 21.5. The van der Waals surface area contributed by atoms with E-state index in [0.717, 1.165) is 30.3 Å². The number of anilines is 4. The van der Waals surface area contributed by atoms with Gasteiger partial charge in [0.2, 0.25) is 11.8 Å². The molecule has 4 rings (SSSR count). The van der Waals surface area contributed by atoms with Gasteiger partial charge in [0, 0.05) is 48.5 Å². The number of carbonyl (C=O) groups excluding carboxylic acids is 1. The summed E-state index contributed by atoms with van der Waals surface area (Å²) in [5.41, 5.74) is 2.93. The average Bonchev–Trinajstić information content (AvgIpc) is 2.81. The molecule has 0 bridgehead atoms. The van der Waals surface area contributed by atoms with Crippen molar-refractivity contribution in [2.45, 2.75) is 33.1 Å². The highest BCUT2D eigenvalue weighted by molar-refractivity contribution is 6.04. The number of hydrogen-bond donors (Lipinski definition) is 2. The van der Waals surface area contributed by atoms with E-state index < -0.39 is 0 Å². The Balaban J connectivity index is 1.39. The van der Waals surface area contributed by atoms with Gasteiger partial charge in [-0.05, 0) is 63.4 Å². The maximum Gasteiger partial charge on any atom is 0.257 e. The minimum atomic E-state index is -0.227. The highest BCUT2D eigenvalue weighted by Gasteiger charge is 2.14. The van der Waals surface area contributed by atoms with Crippen molar-refractivity contribution in [3.05, 3.63) is 59.9 Å². The van der Waals surface area contributed by atoms with Crippen LogP contribution in [0.1, 0.15) is 42.2 Å². The zero-order chi connectivity index (χ0) is 22.3. The first-order chi connectivity index (χ1) is 15.6. The summed E-state index contributed by atoms with van der Waals surface area (Å²) < 4.78 is 5.31. The summed E-state index contributed by atoms with van der Waals surface area (Å²) in [6.07, 6.45) is 5.19. The molecule has 0 radical (unpaired) electrons. The zero-order valence-corrected chi connectivity index (χ0v) is 18.5. The molecule has 1 amide bonds. The third-order valence-electron chi connectivity index (χ3n) is 5.21. The van der Waals surface area contributed by atoms with Crippen LogP contribution in [0.3, 0.4) is 0 Å². The first-order valence-electron chi connectivity index (χ1n) is 11.0. The third kappa shape index (κ3) is 5.51. The number of pyridine rings is 1. The Morgan fingerprint density at radius 2 is 1.78 bits per heavy atom. The Bertz CT molecular complexity index is 1050. The summed E-state index contributed by atoms with van der Waals surface area (Å²) in [5, 5.41) is 6.15. The first-order valence-corrected chi connectivity index (χ1v) is 11.0. The van der Waals surface area contributed by atoms with Crippen molar-refractivity contribution in [2.24, 2.45) is 0 Å². The molecule has 0 aliphatic carbocycles. The van der Waals surface area contributed by atoms with Gasteiger partial charge in [0.05, 0.1) is 12.2 Å². The van der Waals surface area contributed by atoms with Crippen molar-refractivity contribution in [1.29, 1.82) is 0 Å². The quantitative estimate of drug-likeness (QED) is 0.565. The van der Waals surface area contributed by atoms with E-state index in [1.807, 2.05) is 44.2 Å². The second kappa shape index (κ2) is 10.1. The standard InChI is InChI=1S/C24H28N6O2/c1-3-32-22-12-7-18(16-25-22)23(31)27-19-8-10-20(11-9-19)28-24-26-17(2)15-21(29-24)30-13-5-4-6-14-30/h7-12,15-16H,3-6,13-14H2,1-2H3,(H,27,31)(H,26,28,29). The molecule has 0 saturated carbocycles. The smallest absolute Gasteiger partial charge is 0.257 e. The van der Waals surface area contributed by atoms with Crippen molar-refractivity contribution < 1.29 is 9.53 Å². The van der Waals surface area contributed by atoms with E-state index in [0.29, 0.717) is 29.7 Å². The SMILES string of the molecule is CCOc1ccc(C(=O)Nc2ccc(Nc3nc(C)cc(N4CCCCC4)n3)cc2)cn1. The Morgan fingerprint density at radius 3 is 2.47 bits per heavy atom. The maximum atomic E-state index is 12.5. The van der Waals surface area contributed by atoms with E-state index in [2.05, 4.69) is 25.5 Å². The number of ether oxygens (including phenoxy) is 1. The van der Waals surface area contributed by atoms with Gasteiger partial charge in [-0.3, -0.25) is 4.79 Å². The molecule has 1 fully saturated rings. The fraction of sp³-hybridized carbons (Fsp3) is 0.333. The van der Waals surface area contributed by atoms with Crippen LogP contribution in [0.15, 0.2) is 48.7 Å². The monoisotopic (exact) mass is 432 g/mol. The van der Waals surface area contributed by atoms with E-state index in [4.69, 9.17) is 9.72 Å². The molecule has 1 aliphatic heterocycles. The lowest BCUT2D eigenvalue weighted by Gasteiger charge is -2.28. The fourth-order valence-electron chi connectivity index (χ4n) is 3.61. The van der Waals surface area contributed by atoms with Gasteiger partial charge in [-0.1, -0.05) is 0 Å². The second-order valence-electron chi connectivity index (χ2n) is 7.71. The zero-order valence-electron chi connectivity index (χ0n) is 18.5. The molecule has 32 heavy (non-hydrogen) atoms. The van der Waals surface area contributed by atoms with Crippen LogP contribution in [-0.2, 0) is 0 Å². The highest BCUT2D eigenvalue weighted by Crippen LogP contribution is 2.22. The van der Waals surface area contributed by atoms with E-state index in [9.17, 15) is 4.79 Å². The van der Waals surface area contributed by atoms with Crippen LogP contribution in [0.2, 0.25) is 0 Å². The number of carbonyl (C=O) groups is 1. The van der Waals surface area contributed by atoms with Crippen LogP contribution in [0, 0.1) is 6.92 Å². The maximum absolute atomic E-state index is 12.5. The molecule has 0 atom stereocenters. The third-order valence-corrected chi connectivity index (χ3v) is 5.21. The van der Waals surface area contributed by atoms with Crippen LogP contribution < -0.4 is 20.3 Å². The van der Waals surface area contributed by atoms with Crippen LogP contribution in [0.25, 0.3) is 0 Å². The molecule has 1 saturated heterocycles. The number of amides is 1. The Labute approximate surface area is 188 Å². The van der Waals surface area contributed by atoms with Crippen molar-refractivity contribution in [3.8, 4) is 5.88 Å². The molecular formula is C24H28N6O2. The molecule has 2 N–H and O–H groups in total. The second-order valence-corrected chi connectivity index (χ2v) is 7.71. The largest absolute Gasteiger partial charge is 0.478 e. The summed E-state index contributed by atoms with van der Waals surface area (Å²) in [4.78, 5) is 28.1. The summed E-state index contributed by atoms with van der Waals surface area (Å²) in [6.45, 7) is 6.47. The van der Waals surface area contributed by atoms with E-state index in [1.165, 1.54) is 25.5 Å². The predicted octanol–water partition coefficient (Wildman–Crippen LogP) is 4.56. The molecule has 8 heteroatoms. The minimum Gasteiger partial charge on any atom is -0.478 e. The summed E-state index contributed by atoms with van der Waals surface area (Å²) >= 11 is 0. The molecule has 166 valence electrons. The molecule has 8 nitrogen and oxygen atoms in total. The number of benzene rings is 1. The molecule has 0 unspecified atom stereocenters. The lowest BCUT2D eigenvalue weighted by atomic mass is 10.1. The van der Waals surface area contributed by atoms with E-state index >= 15 is 0 Å². The minimum absolute atomic E-state index is 0.227. The number of hydrogen-bond acceptors (Lipinski definition) is 7. The van der Waals surface area contributed by atoms with Gasteiger partial charge in [0.25, 0.3) is 5.91 Å². The fourth-order valence-corrected chi connectivity index (χ4v) is 3.61. The Hall–Kier alpha value is -3.68. The number of nitrogens with one attached hydrogen (secondary N) is 2. The van der Waals surface area contributed by atoms with Crippen LogP contribution >= 0.6 is 0 Å². The van der Waals surface area contributed by atoms with Crippen molar-refractivity contribution in [1.82, 2.24) is 15.0 Å². The average molecular weight is 433 g/mol. The number of aromatic nitrogens is 3. The van der Waals surface area contributed by atoms with Gasteiger partial charge in [-0.25, -0.2) is 9.97 Å². The normalized spacial score (nSPS) is 13.5. The molecule has 3 aromatic rings. The Morgan fingerprint density at radius 1 is 1.03 bits per heavy atom. The van der Waals surface area contributed by atoms with Crippen LogP contribution in [-0.4, -0.2) is 40.6 Å². The lowest BCUT2D eigenvalue weighted by molar-refractivity contribution is 0.102. The number of nitrogens with zero attached hydrogens (tertiary/aromatic N) is 4. The van der Waals surface area contributed by atoms with Crippen LogP contribution in [0.4, 0.5) is 23.1 Å². The van der Waals surface area contributed by atoms with E-state index in [-0.39, 0.29) is 5.91 Å². The van der Waals surface area contributed by atoms with E-state index in [1.54, 1.807) is 12.1 Å². The van der Waals surface area contributed by atoms with Crippen molar-refractivity contribution in [2.75, 3.05) is 35.2 Å². The summed E-state index contributed by atoms with van der Waals surface area (Å²) in [6, 6.07) is 12.9. The van der Waals surface area contributed by atoms with Gasteiger partial charge < -0.3 is 20.3 Å². The highest BCUT2D eigenvalue weighted by atomic mass is 16.5. The molecule has 2 aromatic heterocycles. The van der Waals surface area contributed by atoms with Gasteiger partial charge in [-0.2, -0.15) is 4.98 Å². The Kier molecular flexibility index (Phi) is 6.79. The molecule has 1 aromatic carbocycles. The van der Waals surface area contributed by atoms with Crippen LogP contribution in [0.5, 0.6) is 5.88 Å². The lowest BCUT2D eigenvalue weighted by Crippen LogP contribution is -2.30. The molecule has 1 aliphatic rings. The number of rotatable bonds is 7. The summed E-state index contributed by atoms with van der Waals surface area (Å²) in [5.74, 6) is 1.81. The molecule has 0 spiro atoms. The van der Waals surface area contributed by atoms with Gasteiger partial charge in [-0.15, -0.1) is 0 Å². The molecular weight excluding hydrogens is 404 g/mol. The topological polar surface area (TPSA) is 92.3 Å². The van der Waals surface area contributed by atoms with Crippen molar-refractivity contribution in [3.63, 3.8) is 0 Å². The number of aryl methyl sites for hydroxylation is 1. The molecule has 3 heterocycles.